The van der Waals surface area contributed by atoms with Gasteiger partial charge in [0.05, 0.1) is 30.7 Å². The number of aliphatic hydroxyl groups is 1. The predicted octanol–water partition coefficient (Wildman–Crippen LogP) is 1.95. The van der Waals surface area contributed by atoms with Crippen LogP contribution in [0.2, 0.25) is 0 Å². The second-order valence-electron chi connectivity index (χ2n) is 7.16. The molecule has 1 atom stereocenters. The van der Waals surface area contributed by atoms with E-state index in [1.807, 2.05) is 19.2 Å². The summed E-state index contributed by atoms with van der Waals surface area (Å²) in [5.41, 5.74) is 4.18. The Hall–Kier alpha value is -3.74. The Labute approximate surface area is 178 Å². The topological polar surface area (TPSA) is 122 Å². The van der Waals surface area contributed by atoms with E-state index >= 15 is 0 Å². The van der Waals surface area contributed by atoms with Crippen LogP contribution in [0.15, 0.2) is 36.9 Å². The number of cyclic esters (lactones) is 1. The standard InChI is InChI=1S/C22H21N5O4/c1-13-16(3-4-17-18(13)11-31-22(17)29)19(28)9-24-8-15-10-27(12-26-15)21-5-20(30-2)14(6-23)7-25-21/h3-5,7,10,12,19,24,28H,8-9,11H2,1-2H3. The van der Waals surface area contributed by atoms with Gasteiger partial charge in [-0.1, -0.05) is 6.07 Å². The zero-order valence-corrected chi connectivity index (χ0v) is 17.1. The highest BCUT2D eigenvalue weighted by Gasteiger charge is 2.25. The second-order valence-corrected chi connectivity index (χ2v) is 7.16. The fourth-order valence-corrected chi connectivity index (χ4v) is 3.58. The number of hydrogen-bond donors (Lipinski definition) is 2. The van der Waals surface area contributed by atoms with Crippen molar-refractivity contribution in [2.75, 3.05) is 13.7 Å². The zero-order valence-electron chi connectivity index (χ0n) is 17.1. The number of pyridine rings is 1. The van der Waals surface area contributed by atoms with Crippen molar-refractivity contribution in [2.45, 2.75) is 26.2 Å². The van der Waals surface area contributed by atoms with E-state index in [-0.39, 0.29) is 12.6 Å². The summed E-state index contributed by atoms with van der Waals surface area (Å²) in [6, 6.07) is 7.18. The lowest BCUT2D eigenvalue weighted by molar-refractivity contribution is 0.0535. The Morgan fingerprint density at radius 1 is 1.42 bits per heavy atom. The van der Waals surface area contributed by atoms with E-state index in [9.17, 15) is 9.90 Å². The average Bonchev–Trinajstić information content (AvgIpc) is 3.41. The highest BCUT2D eigenvalue weighted by atomic mass is 16.5. The molecule has 0 saturated carbocycles. The van der Waals surface area contributed by atoms with Gasteiger partial charge in [0.1, 0.15) is 36.1 Å². The summed E-state index contributed by atoms with van der Waals surface area (Å²) in [6.45, 7) is 2.91. The third kappa shape index (κ3) is 3.99. The lowest BCUT2D eigenvalue weighted by Crippen LogP contribution is -2.22. The van der Waals surface area contributed by atoms with Crippen LogP contribution in [0, 0.1) is 18.3 Å². The molecule has 1 aliphatic rings. The van der Waals surface area contributed by atoms with Crippen molar-refractivity contribution in [3.05, 3.63) is 70.4 Å². The molecule has 4 rings (SSSR count). The molecule has 0 amide bonds. The molecule has 1 aliphatic heterocycles. The highest BCUT2D eigenvalue weighted by molar-refractivity contribution is 5.93. The lowest BCUT2D eigenvalue weighted by Gasteiger charge is -2.16. The maximum Gasteiger partial charge on any atom is 0.338 e. The maximum absolute atomic E-state index is 11.7. The van der Waals surface area contributed by atoms with Gasteiger partial charge in [-0.3, -0.25) is 4.57 Å². The molecular formula is C22H21N5O4. The van der Waals surface area contributed by atoms with Crippen LogP contribution < -0.4 is 10.1 Å². The van der Waals surface area contributed by atoms with Gasteiger partial charge in [0.25, 0.3) is 0 Å². The van der Waals surface area contributed by atoms with Crippen LogP contribution in [0.4, 0.5) is 0 Å². The number of esters is 1. The number of carbonyl (C=O) groups excluding carboxylic acids is 1. The van der Waals surface area contributed by atoms with Crippen molar-refractivity contribution in [3.8, 4) is 17.6 Å². The first-order chi connectivity index (χ1) is 15.0. The van der Waals surface area contributed by atoms with E-state index in [0.717, 1.165) is 22.4 Å². The lowest BCUT2D eigenvalue weighted by atomic mass is 9.95. The van der Waals surface area contributed by atoms with E-state index in [4.69, 9.17) is 14.7 Å². The van der Waals surface area contributed by atoms with Gasteiger partial charge in [-0.05, 0) is 24.1 Å². The number of imidazole rings is 1. The summed E-state index contributed by atoms with van der Waals surface area (Å²) in [6.07, 6.45) is 4.17. The number of hydrogen-bond acceptors (Lipinski definition) is 8. The average molecular weight is 419 g/mol. The third-order valence-corrected chi connectivity index (χ3v) is 5.30. The number of nitrogens with one attached hydrogen (secondary N) is 1. The van der Waals surface area contributed by atoms with Gasteiger partial charge in [0.15, 0.2) is 0 Å². The Morgan fingerprint density at radius 3 is 3.03 bits per heavy atom. The fraction of sp³-hybridized carbons (Fsp3) is 0.273. The van der Waals surface area contributed by atoms with E-state index in [1.54, 1.807) is 29.1 Å². The summed E-state index contributed by atoms with van der Waals surface area (Å²) >= 11 is 0. The summed E-state index contributed by atoms with van der Waals surface area (Å²) in [5.74, 6) is 0.711. The monoisotopic (exact) mass is 419 g/mol. The molecule has 0 bridgehead atoms. The SMILES string of the molecule is COc1cc(-n2cnc(CNCC(O)c3ccc4c(c3C)COC4=O)c2)ncc1C#N. The zero-order chi connectivity index (χ0) is 22.0. The summed E-state index contributed by atoms with van der Waals surface area (Å²) in [4.78, 5) is 20.3. The van der Waals surface area contributed by atoms with Gasteiger partial charge in [0, 0.05) is 30.9 Å². The Morgan fingerprint density at radius 2 is 2.26 bits per heavy atom. The molecule has 3 heterocycles. The van der Waals surface area contributed by atoms with E-state index in [1.165, 1.54) is 13.3 Å². The Kier molecular flexibility index (Phi) is 5.66. The number of ether oxygens (including phenoxy) is 2. The molecule has 1 aromatic carbocycles. The number of nitriles is 1. The third-order valence-electron chi connectivity index (χ3n) is 5.30. The maximum atomic E-state index is 11.7. The van der Waals surface area contributed by atoms with E-state index in [2.05, 4.69) is 15.3 Å². The number of nitrogens with zero attached hydrogens (tertiary/aromatic N) is 4. The number of rotatable bonds is 7. The van der Waals surface area contributed by atoms with Crippen molar-refractivity contribution >= 4 is 5.97 Å². The molecule has 0 fully saturated rings. The van der Waals surface area contributed by atoms with Crippen LogP contribution in [0.1, 0.15) is 44.4 Å². The first-order valence-corrected chi connectivity index (χ1v) is 9.67. The number of methoxy groups -OCH3 is 1. The molecule has 9 heteroatoms. The highest BCUT2D eigenvalue weighted by Crippen LogP contribution is 2.29. The smallest absolute Gasteiger partial charge is 0.338 e. The van der Waals surface area contributed by atoms with Crippen molar-refractivity contribution in [3.63, 3.8) is 0 Å². The number of fused-ring (bicyclic) bond motifs is 1. The minimum atomic E-state index is -0.729. The molecular weight excluding hydrogens is 398 g/mol. The molecule has 31 heavy (non-hydrogen) atoms. The fourth-order valence-electron chi connectivity index (χ4n) is 3.58. The van der Waals surface area contributed by atoms with Crippen LogP contribution in [0.25, 0.3) is 5.82 Å². The number of carbonyl (C=O) groups is 1. The minimum Gasteiger partial charge on any atom is -0.495 e. The first kappa shape index (κ1) is 20.5. The normalized spacial score (nSPS) is 13.4. The molecule has 2 N–H and O–H groups in total. The second kappa shape index (κ2) is 8.55. The minimum absolute atomic E-state index is 0.250. The molecule has 2 aromatic heterocycles. The largest absolute Gasteiger partial charge is 0.495 e. The van der Waals surface area contributed by atoms with Crippen LogP contribution in [-0.4, -0.2) is 39.3 Å². The predicted molar refractivity (Wildman–Crippen MR) is 110 cm³/mol. The number of benzene rings is 1. The van der Waals surface area contributed by atoms with Crippen LogP contribution >= 0.6 is 0 Å². The van der Waals surface area contributed by atoms with Crippen molar-refractivity contribution in [1.82, 2.24) is 19.9 Å². The van der Waals surface area contributed by atoms with Crippen molar-refractivity contribution in [1.29, 1.82) is 5.26 Å². The Balaban J connectivity index is 1.39. The molecule has 0 spiro atoms. The Bertz CT molecular complexity index is 1180. The van der Waals surface area contributed by atoms with Crippen LogP contribution in [0.3, 0.4) is 0 Å². The summed E-state index contributed by atoms with van der Waals surface area (Å²) in [7, 11) is 1.50. The molecule has 0 saturated heterocycles. The van der Waals surface area contributed by atoms with Gasteiger partial charge >= 0.3 is 5.97 Å². The number of aromatic nitrogens is 3. The van der Waals surface area contributed by atoms with Crippen molar-refractivity contribution < 1.29 is 19.4 Å². The van der Waals surface area contributed by atoms with Gasteiger partial charge in [-0.2, -0.15) is 5.26 Å². The molecule has 1 unspecified atom stereocenters. The summed E-state index contributed by atoms with van der Waals surface area (Å²) < 4.78 is 12.0. The quantitative estimate of drug-likeness (QED) is 0.557. The molecule has 0 radical (unpaired) electrons. The molecule has 158 valence electrons. The molecule has 3 aromatic rings. The van der Waals surface area contributed by atoms with Gasteiger partial charge in [-0.25, -0.2) is 14.8 Å². The van der Waals surface area contributed by atoms with Crippen molar-refractivity contribution in [2.24, 2.45) is 0 Å². The van der Waals surface area contributed by atoms with Gasteiger partial charge in [0.2, 0.25) is 0 Å². The van der Waals surface area contributed by atoms with E-state index < -0.39 is 6.10 Å². The molecule has 9 nitrogen and oxygen atoms in total. The first-order valence-electron chi connectivity index (χ1n) is 9.67. The summed E-state index contributed by atoms with van der Waals surface area (Å²) in [5, 5.41) is 22.9. The van der Waals surface area contributed by atoms with Gasteiger partial charge in [-0.15, -0.1) is 0 Å². The number of aliphatic hydroxyl groups excluding tert-OH is 1. The van der Waals surface area contributed by atoms with E-state index in [0.29, 0.717) is 35.8 Å². The van der Waals surface area contributed by atoms with Gasteiger partial charge < -0.3 is 19.9 Å². The van der Waals surface area contributed by atoms with Crippen LogP contribution in [0.5, 0.6) is 5.75 Å². The molecule has 0 aliphatic carbocycles. The van der Waals surface area contributed by atoms with Crippen LogP contribution in [-0.2, 0) is 17.9 Å².